The highest BCUT2D eigenvalue weighted by atomic mass is 16.5. The Morgan fingerprint density at radius 2 is 2.21 bits per heavy atom. The van der Waals surface area contributed by atoms with Gasteiger partial charge in [0, 0.05) is 24.7 Å². The van der Waals surface area contributed by atoms with Crippen LogP contribution in [0.15, 0.2) is 24.3 Å². The van der Waals surface area contributed by atoms with E-state index in [4.69, 9.17) is 4.74 Å². The Bertz CT molecular complexity index is 573. The third-order valence-corrected chi connectivity index (χ3v) is 4.51. The van der Waals surface area contributed by atoms with E-state index >= 15 is 0 Å². The summed E-state index contributed by atoms with van der Waals surface area (Å²) in [6.45, 7) is 5.33. The Balaban J connectivity index is 1.99. The van der Waals surface area contributed by atoms with E-state index in [0.717, 1.165) is 25.7 Å². The van der Waals surface area contributed by atoms with Crippen LogP contribution >= 0.6 is 0 Å². The van der Waals surface area contributed by atoms with Crippen molar-refractivity contribution in [1.82, 2.24) is 10.2 Å². The molecule has 1 aromatic carbocycles. The molecule has 0 spiro atoms. The lowest BCUT2D eigenvalue weighted by atomic mass is 9.96. The largest absolute Gasteiger partial charge is 0.497 e. The van der Waals surface area contributed by atoms with Gasteiger partial charge < -0.3 is 15.0 Å². The van der Waals surface area contributed by atoms with Crippen molar-refractivity contribution >= 4 is 11.8 Å². The number of nitrogens with one attached hydrogen (secondary N) is 1. The van der Waals surface area contributed by atoms with Crippen molar-refractivity contribution in [3.8, 4) is 5.75 Å². The number of nitrogens with zero attached hydrogens (tertiary/aromatic N) is 1. The van der Waals surface area contributed by atoms with Gasteiger partial charge in [0.2, 0.25) is 5.91 Å². The maximum Gasteiger partial charge on any atom is 0.254 e. The standard InChI is InChI=1S/C19H28N2O3/c1-4-7-14(2)20-18(22)16-9-6-11-21(13-16)19(23)15-8-5-10-17(12-15)24-3/h5,8,10,12,14,16H,4,6-7,9,11,13H2,1-3H3,(H,20,22)/t14-,16+/m1/s1. The number of hydrogen-bond acceptors (Lipinski definition) is 3. The first-order valence-corrected chi connectivity index (χ1v) is 8.78. The molecule has 2 atom stereocenters. The number of carbonyl (C=O) groups is 2. The molecule has 5 heteroatoms. The zero-order valence-electron chi connectivity index (χ0n) is 14.9. The molecule has 1 aliphatic rings. The lowest BCUT2D eigenvalue weighted by molar-refractivity contribution is -0.127. The zero-order chi connectivity index (χ0) is 17.5. The molecule has 1 saturated heterocycles. The molecule has 0 aromatic heterocycles. The van der Waals surface area contributed by atoms with Gasteiger partial charge >= 0.3 is 0 Å². The topological polar surface area (TPSA) is 58.6 Å². The molecular weight excluding hydrogens is 304 g/mol. The molecule has 0 unspecified atom stereocenters. The van der Waals surface area contributed by atoms with Crippen LogP contribution in [0, 0.1) is 5.92 Å². The molecule has 24 heavy (non-hydrogen) atoms. The number of methoxy groups -OCH3 is 1. The Hall–Kier alpha value is -2.04. The Kier molecular flexibility index (Phi) is 6.64. The van der Waals surface area contributed by atoms with Gasteiger partial charge in [0.05, 0.1) is 13.0 Å². The second kappa shape index (κ2) is 8.71. The molecule has 1 aliphatic heterocycles. The second-order valence-electron chi connectivity index (χ2n) is 6.52. The van der Waals surface area contributed by atoms with Gasteiger partial charge in [-0.3, -0.25) is 9.59 Å². The highest BCUT2D eigenvalue weighted by molar-refractivity contribution is 5.95. The Morgan fingerprint density at radius 1 is 1.42 bits per heavy atom. The first-order chi connectivity index (χ1) is 11.5. The first-order valence-electron chi connectivity index (χ1n) is 8.78. The van der Waals surface area contributed by atoms with Gasteiger partial charge in [0.1, 0.15) is 5.75 Å². The van der Waals surface area contributed by atoms with Crippen LogP contribution in [0.2, 0.25) is 0 Å². The van der Waals surface area contributed by atoms with Crippen LogP contribution in [-0.4, -0.2) is 43.0 Å². The smallest absolute Gasteiger partial charge is 0.254 e. The number of carbonyl (C=O) groups excluding carboxylic acids is 2. The third-order valence-electron chi connectivity index (χ3n) is 4.51. The summed E-state index contributed by atoms with van der Waals surface area (Å²) < 4.78 is 5.18. The molecule has 0 aliphatic carbocycles. The first kappa shape index (κ1) is 18.3. The molecular formula is C19H28N2O3. The van der Waals surface area contributed by atoms with Gasteiger partial charge in [-0.15, -0.1) is 0 Å². The molecule has 0 bridgehead atoms. The normalized spacial score (nSPS) is 18.8. The molecule has 1 aromatic rings. The van der Waals surface area contributed by atoms with Crippen LogP contribution in [0.4, 0.5) is 0 Å². The van der Waals surface area contributed by atoms with Gasteiger partial charge in [0.15, 0.2) is 0 Å². The summed E-state index contributed by atoms with van der Waals surface area (Å²) in [5.74, 6) is 0.584. The summed E-state index contributed by atoms with van der Waals surface area (Å²) >= 11 is 0. The predicted molar refractivity (Wildman–Crippen MR) is 94.1 cm³/mol. The summed E-state index contributed by atoms with van der Waals surface area (Å²) in [5.41, 5.74) is 0.606. The summed E-state index contributed by atoms with van der Waals surface area (Å²) in [6, 6.07) is 7.35. The van der Waals surface area contributed by atoms with Crippen molar-refractivity contribution in [2.45, 2.75) is 45.6 Å². The molecule has 2 rings (SSSR count). The van der Waals surface area contributed by atoms with Crippen LogP contribution in [0.3, 0.4) is 0 Å². The van der Waals surface area contributed by atoms with E-state index in [1.807, 2.05) is 19.1 Å². The van der Waals surface area contributed by atoms with Crippen LogP contribution < -0.4 is 10.1 Å². The maximum absolute atomic E-state index is 12.7. The van der Waals surface area contributed by atoms with Crippen LogP contribution in [-0.2, 0) is 4.79 Å². The number of piperidine rings is 1. The monoisotopic (exact) mass is 332 g/mol. The average molecular weight is 332 g/mol. The molecule has 1 N–H and O–H groups in total. The molecule has 5 nitrogen and oxygen atoms in total. The van der Waals surface area contributed by atoms with Crippen molar-refractivity contribution in [2.75, 3.05) is 20.2 Å². The lowest BCUT2D eigenvalue weighted by Gasteiger charge is -2.32. The van der Waals surface area contributed by atoms with Gasteiger partial charge in [-0.1, -0.05) is 19.4 Å². The lowest BCUT2D eigenvalue weighted by Crippen LogP contribution is -2.47. The Labute approximate surface area is 144 Å². The quantitative estimate of drug-likeness (QED) is 0.871. The number of likely N-dealkylation sites (tertiary alicyclic amines) is 1. The fraction of sp³-hybridized carbons (Fsp3) is 0.579. The van der Waals surface area contributed by atoms with E-state index in [2.05, 4.69) is 12.2 Å². The van der Waals surface area contributed by atoms with Crippen LogP contribution in [0.1, 0.15) is 49.9 Å². The minimum atomic E-state index is -0.118. The van der Waals surface area contributed by atoms with Crippen molar-refractivity contribution < 1.29 is 14.3 Å². The highest BCUT2D eigenvalue weighted by Crippen LogP contribution is 2.21. The minimum absolute atomic E-state index is 0.0343. The SMILES string of the molecule is CCC[C@@H](C)NC(=O)[C@H]1CCCN(C(=O)c2cccc(OC)c2)C1. The van der Waals surface area contributed by atoms with Crippen molar-refractivity contribution in [2.24, 2.45) is 5.92 Å². The fourth-order valence-electron chi connectivity index (χ4n) is 3.18. The van der Waals surface area contributed by atoms with E-state index in [1.165, 1.54) is 0 Å². The Morgan fingerprint density at radius 3 is 2.92 bits per heavy atom. The van der Waals surface area contributed by atoms with E-state index in [1.54, 1.807) is 24.1 Å². The molecule has 2 amide bonds. The second-order valence-corrected chi connectivity index (χ2v) is 6.52. The number of benzene rings is 1. The van der Waals surface area contributed by atoms with Gasteiger partial charge in [-0.25, -0.2) is 0 Å². The van der Waals surface area contributed by atoms with Gasteiger partial charge in [-0.2, -0.15) is 0 Å². The van der Waals surface area contributed by atoms with E-state index in [9.17, 15) is 9.59 Å². The number of rotatable bonds is 6. The summed E-state index contributed by atoms with van der Waals surface area (Å²) in [6.07, 6.45) is 3.72. The molecule has 0 saturated carbocycles. The molecule has 0 radical (unpaired) electrons. The van der Waals surface area contributed by atoms with Crippen molar-refractivity contribution in [3.63, 3.8) is 0 Å². The summed E-state index contributed by atoms with van der Waals surface area (Å²) in [4.78, 5) is 26.9. The highest BCUT2D eigenvalue weighted by Gasteiger charge is 2.29. The van der Waals surface area contributed by atoms with Crippen molar-refractivity contribution in [3.05, 3.63) is 29.8 Å². The van der Waals surface area contributed by atoms with Crippen LogP contribution in [0.25, 0.3) is 0 Å². The fourth-order valence-corrected chi connectivity index (χ4v) is 3.18. The molecule has 132 valence electrons. The maximum atomic E-state index is 12.7. The summed E-state index contributed by atoms with van der Waals surface area (Å²) in [7, 11) is 1.59. The predicted octanol–water partition coefficient (Wildman–Crippen LogP) is 2.85. The van der Waals surface area contributed by atoms with E-state index in [0.29, 0.717) is 24.4 Å². The average Bonchev–Trinajstić information content (AvgIpc) is 2.61. The van der Waals surface area contributed by atoms with Gasteiger partial charge in [0.25, 0.3) is 5.91 Å². The van der Waals surface area contributed by atoms with Crippen LogP contribution in [0.5, 0.6) is 5.75 Å². The number of hydrogen-bond donors (Lipinski definition) is 1. The minimum Gasteiger partial charge on any atom is -0.497 e. The number of ether oxygens (including phenoxy) is 1. The molecule has 1 fully saturated rings. The van der Waals surface area contributed by atoms with E-state index < -0.39 is 0 Å². The number of amides is 2. The zero-order valence-corrected chi connectivity index (χ0v) is 14.9. The van der Waals surface area contributed by atoms with E-state index in [-0.39, 0.29) is 23.8 Å². The van der Waals surface area contributed by atoms with Gasteiger partial charge in [-0.05, 0) is 44.4 Å². The third kappa shape index (κ3) is 4.73. The molecule has 1 heterocycles. The van der Waals surface area contributed by atoms with Crippen molar-refractivity contribution in [1.29, 1.82) is 0 Å². The summed E-state index contributed by atoms with van der Waals surface area (Å²) in [5, 5.41) is 3.07.